The quantitative estimate of drug-likeness (QED) is 0.0199. The van der Waals surface area contributed by atoms with Crippen LogP contribution in [0.2, 0.25) is 0 Å². The van der Waals surface area contributed by atoms with Crippen LogP contribution in [0.15, 0.2) is 85.1 Å². The van der Waals surface area contributed by atoms with Crippen molar-refractivity contribution in [1.82, 2.24) is 0 Å². The number of hydrogen-bond donors (Lipinski definition) is 0. The van der Waals surface area contributed by atoms with Crippen molar-refractivity contribution in [2.75, 3.05) is 41.0 Å². The Labute approximate surface area is 361 Å². The molecule has 0 bridgehead atoms. The van der Waals surface area contributed by atoms with Crippen LogP contribution in [0, 0.1) is 0 Å². The molecule has 0 aliphatic heterocycles. The number of carboxylic acids is 1. The second-order valence-corrected chi connectivity index (χ2v) is 16.3. The molecule has 0 aromatic carbocycles. The van der Waals surface area contributed by atoms with Crippen LogP contribution in [0.25, 0.3) is 0 Å². The molecule has 0 N–H and O–H groups in total. The maximum Gasteiger partial charge on any atom is 0.306 e. The molecule has 2 unspecified atom stereocenters. The topological polar surface area (TPSA) is 102 Å². The van der Waals surface area contributed by atoms with E-state index in [1.54, 1.807) is 21.1 Å². The Morgan fingerprint density at radius 3 is 1.53 bits per heavy atom. The molecular weight excluding hydrogens is 739 g/mol. The number of likely N-dealkylation sites (N-methyl/N-ethyl adjacent to an activating group) is 1. The van der Waals surface area contributed by atoms with Crippen LogP contribution in [-0.2, 0) is 28.6 Å². The minimum absolute atomic E-state index is 0.0251. The molecule has 0 heterocycles. The summed E-state index contributed by atoms with van der Waals surface area (Å²) in [5.74, 6) is -1.78. The summed E-state index contributed by atoms with van der Waals surface area (Å²) < 4.78 is 17.2. The highest BCUT2D eigenvalue weighted by molar-refractivity contribution is 5.70. The van der Waals surface area contributed by atoms with Gasteiger partial charge >= 0.3 is 11.9 Å². The summed E-state index contributed by atoms with van der Waals surface area (Å²) in [5, 5.41) is 11.6. The fourth-order valence-corrected chi connectivity index (χ4v) is 6.33. The largest absolute Gasteiger partial charge is 0.544 e. The Morgan fingerprint density at radius 2 is 0.983 bits per heavy atom. The second-order valence-electron chi connectivity index (χ2n) is 16.3. The van der Waals surface area contributed by atoms with Crippen LogP contribution in [0.5, 0.6) is 0 Å². The van der Waals surface area contributed by atoms with Gasteiger partial charge in [0.15, 0.2) is 6.10 Å². The molecule has 0 aliphatic carbocycles. The summed E-state index contributed by atoms with van der Waals surface area (Å²) in [6, 6.07) is -0.735. The molecule has 59 heavy (non-hydrogen) atoms. The Bertz CT molecular complexity index is 1240. The molecule has 0 rings (SSSR count). The molecule has 0 spiro atoms. The molecule has 0 saturated carbocycles. The molecular formula is C51H85NO7. The number of ether oxygens (including phenoxy) is 3. The fourth-order valence-electron chi connectivity index (χ4n) is 6.33. The SMILES string of the molecule is CC/C=C/C=C/C=C/C=C/CCCCCCCC(=O)OC(COCCC(C(=O)[O-])[N+](C)(C)C)COC(=O)CCCCCCCCCCCC/C=C/C/C=C/C/C=C/CC. The number of nitrogens with zero attached hydrogens (tertiary/aromatic N) is 1. The lowest BCUT2D eigenvalue weighted by molar-refractivity contribution is -0.889. The number of quaternary nitrogens is 1. The van der Waals surface area contributed by atoms with Crippen LogP contribution in [0.3, 0.4) is 0 Å². The van der Waals surface area contributed by atoms with Crippen molar-refractivity contribution < 1.29 is 38.2 Å². The van der Waals surface area contributed by atoms with E-state index in [9.17, 15) is 19.5 Å². The fraction of sp³-hybridized carbons (Fsp3) is 0.667. The van der Waals surface area contributed by atoms with Gasteiger partial charge in [0.25, 0.3) is 0 Å². The maximum absolute atomic E-state index is 12.7. The summed E-state index contributed by atoms with van der Waals surface area (Å²) in [6.45, 7) is 4.37. The minimum atomic E-state index is -1.13. The van der Waals surface area contributed by atoms with E-state index in [0.29, 0.717) is 6.42 Å². The number of hydrogen-bond acceptors (Lipinski definition) is 7. The van der Waals surface area contributed by atoms with Crippen LogP contribution in [-0.4, -0.2) is 75.5 Å². The van der Waals surface area contributed by atoms with Gasteiger partial charge in [-0.25, -0.2) is 0 Å². The van der Waals surface area contributed by atoms with Crippen molar-refractivity contribution in [3.8, 4) is 0 Å². The van der Waals surface area contributed by atoms with Gasteiger partial charge in [0.1, 0.15) is 12.6 Å². The summed E-state index contributed by atoms with van der Waals surface area (Å²) in [7, 11) is 5.39. The molecule has 0 aliphatic rings. The molecule has 8 heteroatoms. The standard InChI is InChI=1S/C51H85NO7/c1-6-8-10-12-14-16-18-20-22-23-24-25-26-28-29-31-33-35-37-39-41-49(53)58-46-47(45-57-44-43-48(51(55)56)52(3,4)5)59-50(54)42-40-38-36-34-32-30-27-21-19-17-15-13-11-9-7-2/h8-11,13-17,19-22,27,47-48H,6-7,12,18,23-26,28-46H2,1-5H3/b10-8+,11-9+,15-13+,16-14+,19-17+,22-20+,27-21+. The number of allylic oxidation sites excluding steroid dienone is 14. The first-order valence-electron chi connectivity index (χ1n) is 23.2. The molecule has 336 valence electrons. The zero-order valence-corrected chi connectivity index (χ0v) is 38.1. The molecule has 0 fully saturated rings. The molecule has 0 radical (unpaired) electrons. The van der Waals surface area contributed by atoms with E-state index in [2.05, 4.69) is 68.5 Å². The van der Waals surface area contributed by atoms with Crippen molar-refractivity contribution in [3.63, 3.8) is 0 Å². The Balaban J connectivity index is 4.33. The molecule has 0 aromatic rings. The molecule has 8 nitrogen and oxygen atoms in total. The number of carbonyl (C=O) groups is 3. The average molecular weight is 824 g/mol. The first-order valence-corrected chi connectivity index (χ1v) is 23.2. The van der Waals surface area contributed by atoms with Crippen LogP contribution in [0.4, 0.5) is 0 Å². The van der Waals surface area contributed by atoms with E-state index in [1.165, 1.54) is 51.4 Å². The molecule has 0 saturated heterocycles. The van der Waals surface area contributed by atoms with Crippen LogP contribution >= 0.6 is 0 Å². The van der Waals surface area contributed by atoms with E-state index in [0.717, 1.165) is 83.5 Å². The van der Waals surface area contributed by atoms with Crippen molar-refractivity contribution in [1.29, 1.82) is 0 Å². The third-order valence-electron chi connectivity index (χ3n) is 9.87. The summed E-state index contributed by atoms with van der Waals surface area (Å²) in [5.41, 5.74) is 0. The van der Waals surface area contributed by atoms with Gasteiger partial charge in [0, 0.05) is 19.3 Å². The zero-order valence-electron chi connectivity index (χ0n) is 38.1. The van der Waals surface area contributed by atoms with E-state index < -0.39 is 18.1 Å². The maximum atomic E-state index is 12.7. The predicted octanol–water partition coefficient (Wildman–Crippen LogP) is 11.6. The average Bonchev–Trinajstić information content (AvgIpc) is 3.19. The van der Waals surface area contributed by atoms with Crippen molar-refractivity contribution in [2.24, 2.45) is 0 Å². The second kappa shape index (κ2) is 41.3. The third kappa shape index (κ3) is 39.7. The van der Waals surface area contributed by atoms with E-state index in [1.807, 2.05) is 30.4 Å². The first-order chi connectivity index (χ1) is 28.6. The Kier molecular flexibility index (Phi) is 38.8. The first kappa shape index (κ1) is 55.5. The van der Waals surface area contributed by atoms with Gasteiger partial charge in [0.2, 0.25) is 0 Å². The zero-order chi connectivity index (χ0) is 43.5. The van der Waals surface area contributed by atoms with Gasteiger partial charge in [0.05, 0.1) is 40.3 Å². The van der Waals surface area contributed by atoms with Crippen molar-refractivity contribution in [2.45, 2.75) is 180 Å². The summed E-state index contributed by atoms with van der Waals surface area (Å²) in [4.78, 5) is 36.9. The minimum Gasteiger partial charge on any atom is -0.544 e. The normalized spacial score (nSPS) is 13.7. The molecule has 2 atom stereocenters. The summed E-state index contributed by atoms with van der Waals surface area (Å²) >= 11 is 0. The number of carboxylic acid groups (broad SMARTS) is 1. The van der Waals surface area contributed by atoms with Crippen LogP contribution < -0.4 is 5.11 Å². The Morgan fingerprint density at radius 1 is 0.525 bits per heavy atom. The van der Waals surface area contributed by atoms with E-state index >= 15 is 0 Å². The Hall–Kier alpha value is -3.49. The lowest BCUT2D eigenvalue weighted by atomic mass is 10.1. The summed E-state index contributed by atoms with van der Waals surface area (Å²) in [6.07, 6.45) is 53.2. The highest BCUT2D eigenvalue weighted by Crippen LogP contribution is 2.14. The van der Waals surface area contributed by atoms with Gasteiger partial charge in [-0.15, -0.1) is 0 Å². The number of aliphatic carboxylic acids is 1. The molecule has 0 aromatic heterocycles. The monoisotopic (exact) mass is 824 g/mol. The number of esters is 2. The number of rotatable bonds is 40. The predicted molar refractivity (Wildman–Crippen MR) is 245 cm³/mol. The molecule has 0 amide bonds. The number of unbranched alkanes of at least 4 members (excludes halogenated alkanes) is 15. The van der Waals surface area contributed by atoms with Crippen molar-refractivity contribution >= 4 is 17.9 Å². The van der Waals surface area contributed by atoms with Gasteiger partial charge in [-0.3, -0.25) is 9.59 Å². The van der Waals surface area contributed by atoms with Crippen LogP contribution in [0.1, 0.15) is 168 Å². The highest BCUT2D eigenvalue weighted by atomic mass is 16.6. The van der Waals surface area contributed by atoms with Gasteiger partial charge in [-0.05, 0) is 64.2 Å². The highest BCUT2D eigenvalue weighted by Gasteiger charge is 2.25. The van der Waals surface area contributed by atoms with Crippen molar-refractivity contribution in [3.05, 3.63) is 85.1 Å². The van der Waals surface area contributed by atoms with Gasteiger partial charge in [-0.2, -0.15) is 0 Å². The third-order valence-corrected chi connectivity index (χ3v) is 9.87. The van der Waals surface area contributed by atoms with Gasteiger partial charge in [-0.1, -0.05) is 170 Å². The number of carbonyl (C=O) groups excluding carboxylic acids is 3. The van der Waals surface area contributed by atoms with E-state index in [4.69, 9.17) is 14.2 Å². The lowest BCUT2D eigenvalue weighted by Crippen LogP contribution is -2.55. The lowest BCUT2D eigenvalue weighted by Gasteiger charge is -2.34. The van der Waals surface area contributed by atoms with E-state index in [-0.39, 0.29) is 49.1 Å². The smallest absolute Gasteiger partial charge is 0.306 e. The van der Waals surface area contributed by atoms with Gasteiger partial charge < -0.3 is 28.6 Å².